The molecule has 0 spiro atoms. The van der Waals surface area contributed by atoms with Crippen molar-refractivity contribution < 1.29 is 19.5 Å². The Kier molecular flexibility index (Phi) is 3.37. The molecule has 2 amide bonds. The molecule has 3 aliphatic carbocycles. The Morgan fingerprint density at radius 2 is 1.17 bits per heavy atom. The molecule has 146 valence electrons. The second-order valence-corrected chi connectivity index (χ2v) is 8.11. The predicted molar refractivity (Wildman–Crippen MR) is 107 cm³/mol. The fourth-order valence-electron chi connectivity index (χ4n) is 5.70. The summed E-state index contributed by atoms with van der Waals surface area (Å²) in [6, 6.07) is 22.0. The number of carboxylic acid groups (broad SMARTS) is 1. The highest BCUT2D eigenvalue weighted by molar-refractivity contribution is 6.23. The van der Waals surface area contributed by atoms with Crippen molar-refractivity contribution in [3.8, 4) is 0 Å². The minimum Gasteiger partial charge on any atom is -0.545 e. The fraction of sp³-hybridized carbons (Fsp3) is 0.160. The Morgan fingerprint density at radius 3 is 1.60 bits per heavy atom. The van der Waals surface area contributed by atoms with Gasteiger partial charge < -0.3 is 9.90 Å². The van der Waals surface area contributed by atoms with Gasteiger partial charge in [-0.1, -0.05) is 60.7 Å². The minimum atomic E-state index is -1.34. The van der Waals surface area contributed by atoms with E-state index in [9.17, 15) is 19.5 Å². The lowest BCUT2D eigenvalue weighted by Gasteiger charge is -2.45. The minimum absolute atomic E-state index is 0.0579. The van der Waals surface area contributed by atoms with Gasteiger partial charge in [-0.2, -0.15) is 0 Å². The molecule has 1 fully saturated rings. The van der Waals surface area contributed by atoms with Crippen LogP contribution >= 0.6 is 0 Å². The van der Waals surface area contributed by atoms with Crippen LogP contribution in [-0.2, 0) is 9.59 Å². The Bertz CT molecular complexity index is 1150. The molecule has 5 heteroatoms. The van der Waals surface area contributed by atoms with Crippen LogP contribution in [-0.4, -0.2) is 17.8 Å². The summed E-state index contributed by atoms with van der Waals surface area (Å²) < 4.78 is 0. The highest BCUT2D eigenvalue weighted by Crippen LogP contribution is 2.61. The monoisotopic (exact) mass is 394 g/mol. The maximum atomic E-state index is 13.6. The molecule has 1 saturated heterocycles. The highest BCUT2D eigenvalue weighted by Gasteiger charge is 2.61. The highest BCUT2D eigenvalue weighted by atomic mass is 16.4. The Morgan fingerprint density at radius 1 is 0.700 bits per heavy atom. The standard InChI is InChI=1S/C25H17NO4/c27-23-21-19-15-8-1-2-9-16(15)20(18-11-4-3-10-17(18)19)22(21)24(28)26(23)14-7-5-6-13(12-14)25(29)30/h1-12,19-22H,(H,29,30)/p-1/t19?,20?,21-,22+. The molecule has 2 bridgehead atoms. The average molecular weight is 394 g/mol. The number of carboxylic acids is 1. The summed E-state index contributed by atoms with van der Waals surface area (Å²) >= 11 is 0. The number of hydrogen-bond donors (Lipinski definition) is 0. The fourth-order valence-corrected chi connectivity index (χ4v) is 5.70. The molecule has 1 heterocycles. The number of rotatable bonds is 2. The van der Waals surface area contributed by atoms with Gasteiger partial charge in [0, 0.05) is 11.8 Å². The molecular formula is C25H16NO4-. The third-order valence-corrected chi connectivity index (χ3v) is 6.79. The zero-order chi connectivity index (χ0) is 20.6. The number of imide groups is 1. The predicted octanol–water partition coefficient (Wildman–Crippen LogP) is 2.45. The van der Waals surface area contributed by atoms with Crippen molar-refractivity contribution in [2.24, 2.45) is 11.8 Å². The van der Waals surface area contributed by atoms with E-state index < -0.39 is 17.8 Å². The maximum absolute atomic E-state index is 13.6. The first-order valence-corrected chi connectivity index (χ1v) is 9.95. The van der Waals surface area contributed by atoms with Crippen LogP contribution < -0.4 is 10.0 Å². The smallest absolute Gasteiger partial charge is 0.238 e. The summed E-state index contributed by atoms with van der Waals surface area (Å²) in [5.41, 5.74) is 4.65. The van der Waals surface area contributed by atoms with Crippen LogP contribution in [0.2, 0.25) is 0 Å². The van der Waals surface area contributed by atoms with E-state index in [1.54, 1.807) is 6.07 Å². The van der Waals surface area contributed by atoms with Gasteiger partial charge >= 0.3 is 0 Å². The zero-order valence-corrected chi connectivity index (χ0v) is 15.8. The molecule has 3 aromatic carbocycles. The van der Waals surface area contributed by atoms with E-state index in [0.29, 0.717) is 0 Å². The van der Waals surface area contributed by atoms with Crippen molar-refractivity contribution >= 4 is 23.5 Å². The number of carbonyl (C=O) groups excluding carboxylic acids is 3. The van der Waals surface area contributed by atoms with Crippen molar-refractivity contribution in [2.75, 3.05) is 4.90 Å². The molecule has 5 nitrogen and oxygen atoms in total. The van der Waals surface area contributed by atoms with E-state index in [2.05, 4.69) is 24.3 Å². The maximum Gasteiger partial charge on any atom is 0.238 e. The summed E-state index contributed by atoms with van der Waals surface area (Å²) in [4.78, 5) is 39.6. The normalized spacial score (nSPS) is 25.7. The van der Waals surface area contributed by atoms with Crippen LogP contribution in [0.1, 0.15) is 44.4 Å². The Hall–Kier alpha value is -3.73. The first kappa shape index (κ1) is 17.2. The lowest BCUT2D eigenvalue weighted by molar-refractivity contribution is -0.255. The summed E-state index contributed by atoms with van der Waals surface area (Å²) in [6.45, 7) is 0. The van der Waals surface area contributed by atoms with E-state index in [1.807, 2.05) is 24.3 Å². The molecule has 0 radical (unpaired) electrons. The van der Waals surface area contributed by atoms with Crippen molar-refractivity contribution in [3.63, 3.8) is 0 Å². The van der Waals surface area contributed by atoms with Crippen molar-refractivity contribution in [1.82, 2.24) is 0 Å². The topological polar surface area (TPSA) is 77.5 Å². The number of amides is 2. The number of carbonyl (C=O) groups is 3. The Balaban J connectivity index is 1.54. The van der Waals surface area contributed by atoms with E-state index in [-0.39, 0.29) is 34.9 Å². The number of hydrogen-bond acceptors (Lipinski definition) is 4. The van der Waals surface area contributed by atoms with Gasteiger partial charge in [0.25, 0.3) is 0 Å². The summed E-state index contributed by atoms with van der Waals surface area (Å²) in [6.07, 6.45) is 0. The van der Waals surface area contributed by atoms with E-state index in [1.165, 1.54) is 23.1 Å². The summed E-state index contributed by atoms with van der Waals surface area (Å²) in [7, 11) is 0. The number of benzene rings is 3. The van der Waals surface area contributed by atoms with Crippen molar-refractivity contribution in [1.29, 1.82) is 0 Å². The molecule has 0 saturated carbocycles. The SMILES string of the molecule is O=C([O-])c1cccc(N2C(=O)[C@@H]3C4c5ccccc5C(c5ccccc54)[C@@H]3C2=O)c1. The van der Waals surface area contributed by atoms with Gasteiger partial charge in [0.1, 0.15) is 0 Å². The number of aromatic carboxylic acids is 1. The van der Waals surface area contributed by atoms with Crippen LogP contribution in [0.15, 0.2) is 72.8 Å². The third kappa shape index (κ3) is 2.04. The largest absolute Gasteiger partial charge is 0.545 e. The number of nitrogens with zero attached hydrogens (tertiary/aromatic N) is 1. The zero-order valence-electron chi connectivity index (χ0n) is 15.8. The molecule has 0 N–H and O–H groups in total. The summed E-state index contributed by atoms with van der Waals surface area (Å²) in [5.74, 6) is -3.21. The molecule has 4 aliphatic rings. The molecule has 30 heavy (non-hydrogen) atoms. The van der Waals surface area contributed by atoms with Gasteiger partial charge in [-0.05, 0) is 39.9 Å². The van der Waals surface area contributed by atoms with Crippen LogP contribution in [0, 0.1) is 11.8 Å². The first-order chi connectivity index (χ1) is 14.6. The van der Waals surface area contributed by atoms with Crippen LogP contribution in [0.4, 0.5) is 5.69 Å². The van der Waals surface area contributed by atoms with Crippen molar-refractivity contribution in [2.45, 2.75) is 11.8 Å². The third-order valence-electron chi connectivity index (χ3n) is 6.79. The van der Waals surface area contributed by atoms with Gasteiger partial charge in [0.15, 0.2) is 0 Å². The molecule has 1 aliphatic heterocycles. The van der Waals surface area contributed by atoms with Gasteiger partial charge in [-0.15, -0.1) is 0 Å². The van der Waals surface area contributed by atoms with Gasteiger partial charge in [-0.25, -0.2) is 4.90 Å². The molecule has 0 unspecified atom stereocenters. The van der Waals surface area contributed by atoms with Crippen LogP contribution in [0.5, 0.6) is 0 Å². The first-order valence-electron chi connectivity index (χ1n) is 9.95. The summed E-state index contributed by atoms with van der Waals surface area (Å²) in [5, 5.41) is 11.3. The van der Waals surface area contributed by atoms with Crippen molar-refractivity contribution in [3.05, 3.63) is 101 Å². The second-order valence-electron chi connectivity index (χ2n) is 8.11. The quantitative estimate of drug-likeness (QED) is 0.626. The van der Waals surface area contributed by atoms with E-state index >= 15 is 0 Å². The average Bonchev–Trinajstić information content (AvgIpc) is 3.04. The molecular weight excluding hydrogens is 378 g/mol. The molecule has 7 rings (SSSR count). The lowest BCUT2D eigenvalue weighted by atomic mass is 9.55. The van der Waals surface area contributed by atoms with E-state index in [4.69, 9.17) is 0 Å². The lowest BCUT2D eigenvalue weighted by Crippen LogP contribution is -2.41. The van der Waals surface area contributed by atoms with Gasteiger partial charge in [0.2, 0.25) is 11.8 Å². The van der Waals surface area contributed by atoms with Crippen LogP contribution in [0.3, 0.4) is 0 Å². The van der Waals surface area contributed by atoms with Gasteiger partial charge in [0.05, 0.1) is 23.5 Å². The molecule has 3 aromatic rings. The molecule has 0 aromatic heterocycles. The van der Waals surface area contributed by atoms with E-state index in [0.717, 1.165) is 22.3 Å². The Labute approximate surface area is 172 Å². The van der Waals surface area contributed by atoms with Crippen LogP contribution in [0.25, 0.3) is 0 Å². The number of anilines is 1. The second kappa shape index (κ2) is 5.89. The molecule has 2 atom stereocenters. The van der Waals surface area contributed by atoms with Gasteiger partial charge in [-0.3, -0.25) is 9.59 Å².